The molecule has 1 fully saturated rings. The van der Waals surface area contributed by atoms with Crippen molar-refractivity contribution in [3.8, 4) is 33.9 Å². The number of carbonyl (C=O) groups is 1. The molecule has 1 aliphatic carbocycles. The van der Waals surface area contributed by atoms with E-state index in [-0.39, 0.29) is 11.8 Å². The maximum absolute atomic E-state index is 12.4. The molecule has 6 aromatic heterocycles. The van der Waals surface area contributed by atoms with Gasteiger partial charge in [0.1, 0.15) is 11.3 Å². The van der Waals surface area contributed by atoms with Crippen LogP contribution in [-0.2, 0) is 4.79 Å². The molecule has 9 nitrogen and oxygen atoms in total. The largest absolute Gasteiger partial charge is 0.338 e. The summed E-state index contributed by atoms with van der Waals surface area (Å²) in [7, 11) is 0. The molecule has 0 bridgehead atoms. The van der Waals surface area contributed by atoms with Gasteiger partial charge in [0.15, 0.2) is 0 Å². The first-order valence-electron chi connectivity index (χ1n) is 12.2. The van der Waals surface area contributed by atoms with Crippen LogP contribution in [0.25, 0.3) is 55.8 Å². The summed E-state index contributed by atoms with van der Waals surface area (Å²) in [6.07, 6.45) is 11.8. The maximum Gasteiger partial charge on any atom is 0.227 e. The Morgan fingerprint density at radius 1 is 0.919 bits per heavy atom. The van der Waals surface area contributed by atoms with Crippen molar-refractivity contribution in [1.82, 2.24) is 35.1 Å². The number of hydrogen-bond donors (Lipinski definition) is 3. The Morgan fingerprint density at radius 3 is 2.70 bits per heavy atom. The first kappa shape index (κ1) is 21.4. The molecule has 37 heavy (non-hydrogen) atoms. The van der Waals surface area contributed by atoms with Crippen molar-refractivity contribution in [3.05, 3.63) is 73.4 Å². The minimum Gasteiger partial charge on any atom is -0.338 e. The van der Waals surface area contributed by atoms with Crippen LogP contribution in [-0.4, -0.2) is 41.0 Å². The van der Waals surface area contributed by atoms with Gasteiger partial charge in [-0.25, -0.2) is 4.98 Å². The Kier molecular flexibility index (Phi) is 4.99. The zero-order chi connectivity index (χ0) is 24.8. The third kappa shape index (κ3) is 3.81. The standard InChI is InChI=1S/C28H22N8O/c37-28(16-4-3-5-16)33-18-10-17(13-29-14-18)23-12-21-25(15-32-23)35-36-26(21)24-11-20-19(7-9-31-27(20)34-24)22-6-1-2-8-30-22/h1-2,6-16H,3-5H2,(H,31,34)(H,33,37)(H,35,36). The minimum absolute atomic E-state index is 0.0585. The van der Waals surface area contributed by atoms with Gasteiger partial charge < -0.3 is 10.3 Å². The fraction of sp³-hybridized carbons (Fsp3) is 0.143. The highest BCUT2D eigenvalue weighted by Crippen LogP contribution is 2.34. The van der Waals surface area contributed by atoms with E-state index in [0.717, 1.165) is 75.1 Å². The number of rotatable bonds is 5. The van der Waals surface area contributed by atoms with E-state index < -0.39 is 0 Å². The van der Waals surface area contributed by atoms with Crippen molar-refractivity contribution in [2.45, 2.75) is 19.3 Å². The van der Waals surface area contributed by atoms with Gasteiger partial charge in [-0.2, -0.15) is 5.10 Å². The SMILES string of the molecule is O=C(Nc1cncc(-c2cc3c(-c4cc5c(-c6ccccn6)ccnc5[nH]4)n[nH]c3cn2)c1)C1CCC1. The van der Waals surface area contributed by atoms with Gasteiger partial charge in [-0.05, 0) is 49.2 Å². The molecule has 0 atom stereocenters. The number of H-pyrrole nitrogens is 2. The number of fused-ring (bicyclic) bond motifs is 2. The molecule has 0 aromatic carbocycles. The van der Waals surface area contributed by atoms with Gasteiger partial charge in [0, 0.05) is 46.4 Å². The van der Waals surface area contributed by atoms with Gasteiger partial charge >= 0.3 is 0 Å². The average molecular weight is 487 g/mol. The average Bonchev–Trinajstić information content (AvgIpc) is 3.52. The molecule has 9 heteroatoms. The molecule has 3 N–H and O–H groups in total. The van der Waals surface area contributed by atoms with Crippen LogP contribution in [0, 0.1) is 5.92 Å². The predicted molar refractivity (Wildman–Crippen MR) is 141 cm³/mol. The van der Waals surface area contributed by atoms with Crippen LogP contribution in [0.15, 0.2) is 73.4 Å². The molecule has 1 aliphatic rings. The summed E-state index contributed by atoms with van der Waals surface area (Å²) >= 11 is 0. The quantitative estimate of drug-likeness (QED) is 0.301. The van der Waals surface area contributed by atoms with Crippen LogP contribution in [0.2, 0.25) is 0 Å². The zero-order valence-corrected chi connectivity index (χ0v) is 19.8. The van der Waals surface area contributed by atoms with Crippen LogP contribution >= 0.6 is 0 Å². The number of aromatic amines is 2. The highest BCUT2D eigenvalue weighted by molar-refractivity contribution is 6.00. The van der Waals surface area contributed by atoms with E-state index in [0.29, 0.717) is 5.69 Å². The number of carbonyl (C=O) groups excluding carboxylic acids is 1. The Balaban J connectivity index is 1.26. The van der Waals surface area contributed by atoms with E-state index in [9.17, 15) is 4.79 Å². The van der Waals surface area contributed by atoms with E-state index in [1.165, 1.54) is 0 Å². The third-order valence-electron chi connectivity index (χ3n) is 6.95. The van der Waals surface area contributed by atoms with E-state index in [4.69, 9.17) is 0 Å². The molecule has 0 spiro atoms. The second kappa shape index (κ2) is 8.63. The lowest BCUT2D eigenvalue weighted by Gasteiger charge is -2.24. The second-order valence-electron chi connectivity index (χ2n) is 9.29. The molecule has 0 aliphatic heterocycles. The zero-order valence-electron chi connectivity index (χ0n) is 19.8. The van der Waals surface area contributed by atoms with E-state index in [1.54, 1.807) is 31.0 Å². The van der Waals surface area contributed by atoms with E-state index >= 15 is 0 Å². The smallest absolute Gasteiger partial charge is 0.227 e. The number of pyridine rings is 4. The molecular weight excluding hydrogens is 464 g/mol. The third-order valence-corrected chi connectivity index (χ3v) is 6.95. The molecule has 1 amide bonds. The Morgan fingerprint density at radius 2 is 1.86 bits per heavy atom. The topological polar surface area (TPSA) is 125 Å². The van der Waals surface area contributed by atoms with Crippen molar-refractivity contribution in [2.24, 2.45) is 5.92 Å². The van der Waals surface area contributed by atoms with Crippen molar-refractivity contribution >= 4 is 33.5 Å². The van der Waals surface area contributed by atoms with Crippen molar-refractivity contribution in [2.75, 3.05) is 5.32 Å². The van der Waals surface area contributed by atoms with Gasteiger partial charge in [-0.1, -0.05) is 12.5 Å². The fourth-order valence-corrected chi connectivity index (χ4v) is 4.74. The molecule has 0 unspecified atom stereocenters. The summed E-state index contributed by atoms with van der Waals surface area (Å²) < 4.78 is 0. The van der Waals surface area contributed by atoms with Gasteiger partial charge in [-0.15, -0.1) is 0 Å². The van der Waals surface area contributed by atoms with Crippen LogP contribution in [0.4, 0.5) is 5.69 Å². The highest BCUT2D eigenvalue weighted by Gasteiger charge is 2.25. The molecule has 7 rings (SSSR count). The Labute approximate surface area is 211 Å². The summed E-state index contributed by atoms with van der Waals surface area (Å²) in [4.78, 5) is 33.8. The monoisotopic (exact) mass is 486 g/mol. The molecule has 180 valence electrons. The fourth-order valence-electron chi connectivity index (χ4n) is 4.74. The molecule has 1 saturated carbocycles. The number of aromatic nitrogens is 7. The van der Waals surface area contributed by atoms with Crippen molar-refractivity contribution in [1.29, 1.82) is 0 Å². The summed E-state index contributed by atoms with van der Waals surface area (Å²) in [5, 5.41) is 12.5. The first-order valence-corrected chi connectivity index (χ1v) is 12.2. The number of anilines is 1. The molecule has 6 aromatic rings. The molecular formula is C28H22N8O. The lowest BCUT2D eigenvalue weighted by molar-refractivity contribution is -0.122. The van der Waals surface area contributed by atoms with Crippen LogP contribution in [0.5, 0.6) is 0 Å². The summed E-state index contributed by atoms with van der Waals surface area (Å²) in [5.41, 5.74) is 7.31. The van der Waals surface area contributed by atoms with Crippen molar-refractivity contribution in [3.63, 3.8) is 0 Å². The highest BCUT2D eigenvalue weighted by atomic mass is 16.1. The Hall–Kier alpha value is -4.92. The number of nitrogens with zero attached hydrogens (tertiary/aromatic N) is 5. The summed E-state index contributed by atoms with van der Waals surface area (Å²) in [6.45, 7) is 0. The number of nitrogens with one attached hydrogen (secondary N) is 3. The lowest BCUT2D eigenvalue weighted by atomic mass is 9.85. The molecule has 6 heterocycles. The lowest BCUT2D eigenvalue weighted by Crippen LogP contribution is -2.28. The van der Waals surface area contributed by atoms with Gasteiger partial charge in [0.05, 0.1) is 40.7 Å². The predicted octanol–water partition coefficient (Wildman–Crippen LogP) is 5.36. The summed E-state index contributed by atoms with van der Waals surface area (Å²) in [5.74, 6) is 0.166. The van der Waals surface area contributed by atoms with Crippen molar-refractivity contribution < 1.29 is 4.79 Å². The maximum atomic E-state index is 12.4. The molecule has 0 radical (unpaired) electrons. The Bertz CT molecular complexity index is 1770. The van der Waals surface area contributed by atoms with Gasteiger partial charge in [0.25, 0.3) is 0 Å². The van der Waals surface area contributed by atoms with E-state index in [2.05, 4.69) is 46.5 Å². The number of amides is 1. The molecule has 0 saturated heterocycles. The van der Waals surface area contributed by atoms with Gasteiger partial charge in [-0.3, -0.25) is 24.8 Å². The van der Waals surface area contributed by atoms with Crippen LogP contribution in [0.3, 0.4) is 0 Å². The van der Waals surface area contributed by atoms with E-state index in [1.807, 2.05) is 36.4 Å². The number of hydrogen-bond acceptors (Lipinski definition) is 6. The summed E-state index contributed by atoms with van der Waals surface area (Å²) in [6, 6.07) is 13.8. The second-order valence-corrected chi connectivity index (χ2v) is 9.29. The first-order chi connectivity index (χ1) is 18.2. The van der Waals surface area contributed by atoms with Crippen LogP contribution in [0.1, 0.15) is 19.3 Å². The normalized spacial score (nSPS) is 13.6. The van der Waals surface area contributed by atoms with Gasteiger partial charge in [0.2, 0.25) is 5.91 Å². The van der Waals surface area contributed by atoms with Crippen LogP contribution < -0.4 is 5.32 Å². The minimum atomic E-state index is 0.0585.